The minimum Gasteiger partial charge on any atom is -0.321 e. The van der Waals surface area contributed by atoms with E-state index in [0.717, 1.165) is 34.5 Å². The monoisotopic (exact) mass is 440 g/mol. The number of amides is 1. The Bertz CT molecular complexity index is 1230. The average Bonchev–Trinajstić information content (AvgIpc) is 3.54. The first-order valence-electron chi connectivity index (χ1n) is 12.8. The highest BCUT2D eigenvalue weighted by Gasteiger charge is 2.45. The van der Waals surface area contributed by atoms with Crippen LogP contribution in [0, 0.1) is 5.41 Å². The van der Waals surface area contributed by atoms with E-state index in [4.69, 9.17) is 5.10 Å². The van der Waals surface area contributed by atoms with E-state index in [1.807, 2.05) is 24.4 Å². The fourth-order valence-electron chi connectivity index (χ4n) is 7.13. The number of anilines is 1. The van der Waals surface area contributed by atoms with Gasteiger partial charge in [-0.15, -0.1) is 0 Å². The summed E-state index contributed by atoms with van der Waals surface area (Å²) >= 11 is 0. The Hall–Kier alpha value is -2.66. The van der Waals surface area contributed by atoms with E-state index in [1.54, 1.807) is 0 Å². The normalized spacial score (nSPS) is 24.5. The van der Waals surface area contributed by atoms with Crippen LogP contribution in [0.2, 0.25) is 0 Å². The van der Waals surface area contributed by atoms with Gasteiger partial charge in [-0.3, -0.25) is 9.48 Å². The summed E-state index contributed by atoms with van der Waals surface area (Å²) in [6, 6.07) is 11.6. The Balaban J connectivity index is 1.04. The smallest absolute Gasteiger partial charge is 0.256 e. The number of carbonyl (C=O) groups excluding carboxylic acids is 1. The fraction of sp³-hybridized carbons (Fsp3) is 0.500. The van der Waals surface area contributed by atoms with E-state index in [2.05, 4.69) is 33.2 Å². The Morgan fingerprint density at radius 2 is 1.91 bits per heavy atom. The molecule has 1 amide bonds. The molecule has 1 aromatic heterocycles. The third kappa shape index (κ3) is 3.23. The van der Waals surface area contributed by atoms with Crippen molar-refractivity contribution >= 4 is 22.4 Å². The van der Waals surface area contributed by atoms with Gasteiger partial charge in [0.2, 0.25) is 0 Å². The van der Waals surface area contributed by atoms with E-state index in [0.29, 0.717) is 6.04 Å². The van der Waals surface area contributed by atoms with Crippen molar-refractivity contribution in [3.05, 3.63) is 59.4 Å². The van der Waals surface area contributed by atoms with Crippen LogP contribution in [0.5, 0.6) is 0 Å². The summed E-state index contributed by atoms with van der Waals surface area (Å²) in [6.07, 6.45) is 16.3. The van der Waals surface area contributed by atoms with Gasteiger partial charge >= 0.3 is 0 Å². The predicted octanol–water partition coefficient (Wildman–Crippen LogP) is 5.55. The number of piperidine rings is 1. The Morgan fingerprint density at radius 1 is 1.03 bits per heavy atom. The van der Waals surface area contributed by atoms with Crippen LogP contribution in [-0.4, -0.2) is 39.7 Å². The van der Waals surface area contributed by atoms with Crippen molar-refractivity contribution in [3.63, 3.8) is 0 Å². The van der Waals surface area contributed by atoms with Crippen molar-refractivity contribution in [2.75, 3.05) is 18.4 Å². The number of rotatable bonds is 4. The summed E-state index contributed by atoms with van der Waals surface area (Å²) in [5.74, 6) is 0.00683. The molecular weight excluding hydrogens is 408 g/mol. The zero-order chi connectivity index (χ0) is 22.0. The lowest BCUT2D eigenvalue weighted by Crippen LogP contribution is -2.41. The van der Waals surface area contributed by atoms with Crippen LogP contribution in [0.25, 0.3) is 10.8 Å². The maximum absolute atomic E-state index is 12.2. The van der Waals surface area contributed by atoms with Gasteiger partial charge in [0.1, 0.15) is 0 Å². The minimum absolute atomic E-state index is 0.00683. The second-order valence-corrected chi connectivity index (χ2v) is 11.0. The van der Waals surface area contributed by atoms with E-state index < -0.39 is 0 Å². The molecule has 33 heavy (non-hydrogen) atoms. The van der Waals surface area contributed by atoms with Gasteiger partial charge in [-0.2, -0.15) is 5.10 Å². The van der Waals surface area contributed by atoms with Crippen molar-refractivity contribution in [1.29, 1.82) is 0 Å². The number of benzene rings is 2. The van der Waals surface area contributed by atoms with Crippen LogP contribution in [0.1, 0.15) is 78.9 Å². The van der Waals surface area contributed by atoms with E-state index in [1.165, 1.54) is 81.0 Å². The highest BCUT2D eigenvalue weighted by Crippen LogP contribution is 2.54. The molecule has 1 atom stereocenters. The average molecular weight is 441 g/mol. The lowest BCUT2D eigenvalue weighted by molar-refractivity contribution is 0.0958. The van der Waals surface area contributed by atoms with Crippen LogP contribution >= 0.6 is 0 Å². The number of nitrogens with zero attached hydrogens (tertiary/aromatic N) is 3. The summed E-state index contributed by atoms with van der Waals surface area (Å²) in [5.41, 5.74) is 4.97. The van der Waals surface area contributed by atoms with Crippen LogP contribution in [0.15, 0.2) is 42.7 Å². The predicted molar refractivity (Wildman–Crippen MR) is 131 cm³/mol. The standard InChI is InChI=1S/C28H32N4O/c33-27-24-4-1-3-23-20(5-6-25(30-27)26(23)24)15-19-17-29-32(18-19)21-8-13-31(14-9-21)22-7-12-28(16-22)10-2-11-28/h1,3-6,17-18,21-22H,2,7-16H2,(H,30,33)/t22-/m0/s1. The first-order chi connectivity index (χ1) is 16.2. The van der Waals surface area contributed by atoms with Gasteiger partial charge in [0, 0.05) is 48.4 Å². The lowest BCUT2D eigenvalue weighted by Gasteiger charge is -2.41. The van der Waals surface area contributed by atoms with Crippen molar-refractivity contribution < 1.29 is 4.79 Å². The molecule has 3 fully saturated rings. The number of aromatic nitrogens is 2. The molecule has 3 heterocycles. The number of likely N-dealkylation sites (tertiary alicyclic amines) is 1. The third-order valence-electron chi connectivity index (χ3n) is 9.15. The molecule has 1 spiro atoms. The number of carbonyl (C=O) groups is 1. The molecule has 2 aromatic carbocycles. The number of nitrogens with one attached hydrogen (secondary N) is 1. The molecule has 3 aromatic rings. The molecule has 5 heteroatoms. The molecule has 2 aliphatic carbocycles. The maximum atomic E-state index is 12.2. The molecule has 170 valence electrons. The molecule has 2 aliphatic heterocycles. The molecule has 0 radical (unpaired) electrons. The molecule has 2 saturated carbocycles. The topological polar surface area (TPSA) is 50.2 Å². The van der Waals surface area contributed by atoms with Gasteiger partial charge in [0.15, 0.2) is 0 Å². The summed E-state index contributed by atoms with van der Waals surface area (Å²) in [5, 5.41) is 10.00. The molecule has 0 unspecified atom stereocenters. The lowest BCUT2D eigenvalue weighted by atomic mass is 9.67. The summed E-state index contributed by atoms with van der Waals surface area (Å²) < 4.78 is 2.22. The van der Waals surface area contributed by atoms with Crippen molar-refractivity contribution in [1.82, 2.24) is 14.7 Å². The van der Waals surface area contributed by atoms with E-state index in [9.17, 15) is 4.79 Å². The summed E-state index contributed by atoms with van der Waals surface area (Å²) in [7, 11) is 0. The Kier molecular flexibility index (Phi) is 4.45. The first-order valence-corrected chi connectivity index (χ1v) is 12.8. The zero-order valence-corrected chi connectivity index (χ0v) is 19.2. The summed E-state index contributed by atoms with van der Waals surface area (Å²) in [4.78, 5) is 15.0. The second kappa shape index (κ2) is 7.42. The minimum atomic E-state index is 0.00683. The van der Waals surface area contributed by atoms with Crippen LogP contribution in [-0.2, 0) is 6.42 Å². The van der Waals surface area contributed by atoms with Gasteiger partial charge in [0.05, 0.1) is 12.2 Å². The number of hydrogen-bond donors (Lipinski definition) is 1. The third-order valence-corrected chi connectivity index (χ3v) is 9.15. The van der Waals surface area contributed by atoms with Gasteiger partial charge < -0.3 is 10.2 Å². The molecule has 7 rings (SSSR count). The number of hydrogen-bond acceptors (Lipinski definition) is 3. The Morgan fingerprint density at radius 3 is 2.70 bits per heavy atom. The molecule has 0 bridgehead atoms. The van der Waals surface area contributed by atoms with Crippen LogP contribution in [0.3, 0.4) is 0 Å². The highest BCUT2D eigenvalue weighted by atomic mass is 16.1. The van der Waals surface area contributed by atoms with Gasteiger partial charge in [-0.05, 0) is 79.0 Å². The van der Waals surface area contributed by atoms with Crippen molar-refractivity contribution in [2.24, 2.45) is 5.41 Å². The van der Waals surface area contributed by atoms with Crippen molar-refractivity contribution in [2.45, 2.75) is 69.9 Å². The molecular formula is C28H32N4O. The highest BCUT2D eigenvalue weighted by molar-refractivity contribution is 6.24. The van der Waals surface area contributed by atoms with Gasteiger partial charge in [0.25, 0.3) is 5.91 Å². The molecule has 1 N–H and O–H groups in total. The first kappa shape index (κ1) is 19.8. The Labute approximate surface area is 195 Å². The molecule has 4 aliphatic rings. The second-order valence-electron chi connectivity index (χ2n) is 11.0. The maximum Gasteiger partial charge on any atom is 0.256 e. The van der Waals surface area contributed by atoms with E-state index >= 15 is 0 Å². The molecule has 1 saturated heterocycles. The van der Waals surface area contributed by atoms with Crippen molar-refractivity contribution in [3.8, 4) is 0 Å². The SMILES string of the molecule is O=C1Nc2ccc(Cc3cnn(C4CCN([C@H]5CCC6(CCC6)C5)CC4)c3)c3cccc1c23. The van der Waals surface area contributed by atoms with Gasteiger partial charge in [-0.25, -0.2) is 0 Å². The zero-order valence-electron chi connectivity index (χ0n) is 19.2. The van der Waals surface area contributed by atoms with Crippen LogP contribution in [0.4, 0.5) is 5.69 Å². The fourth-order valence-corrected chi connectivity index (χ4v) is 7.13. The quantitative estimate of drug-likeness (QED) is 0.578. The molecule has 5 nitrogen and oxygen atoms in total. The van der Waals surface area contributed by atoms with E-state index in [-0.39, 0.29) is 5.91 Å². The largest absolute Gasteiger partial charge is 0.321 e. The van der Waals surface area contributed by atoms with Crippen LogP contribution < -0.4 is 5.32 Å². The van der Waals surface area contributed by atoms with Gasteiger partial charge in [-0.1, -0.05) is 24.6 Å². The summed E-state index contributed by atoms with van der Waals surface area (Å²) in [6.45, 7) is 2.44.